The van der Waals surface area contributed by atoms with Gasteiger partial charge >= 0.3 is 0 Å². The Morgan fingerprint density at radius 3 is 2.27 bits per heavy atom. The highest BCUT2D eigenvalue weighted by Crippen LogP contribution is 2.26. The summed E-state index contributed by atoms with van der Waals surface area (Å²) in [6.07, 6.45) is 1.61. The lowest BCUT2D eigenvalue weighted by molar-refractivity contribution is -0.119. The standard InChI is InChI=1S/C34H28BrN5O4S/c1-22(32(42)38-30-21-31(41)40(39-30)27-13-6-3-7-14-27)45-28-17-15-26(16-18-28)36-34(44)29(20-23-9-8-12-25(35)19-23)37-33(43)24-10-4-2-5-11-24/h2-20,22H,21H2,1H3,(H,36,44)(H,37,43)(H,38,39,42)/b29-20-. The Balaban J connectivity index is 1.21. The SMILES string of the molecule is CC(Sc1ccc(NC(=O)/C(=C/c2cccc(Br)c2)NC(=O)c2ccccc2)cc1)C(=O)NC1=NN(c2ccccc2)C(=O)C1. The van der Waals surface area contributed by atoms with E-state index in [1.54, 1.807) is 73.7 Å². The number of nitrogens with one attached hydrogen (secondary N) is 3. The number of amidine groups is 1. The molecule has 0 saturated carbocycles. The average Bonchev–Trinajstić information content (AvgIpc) is 3.41. The van der Waals surface area contributed by atoms with E-state index < -0.39 is 17.1 Å². The summed E-state index contributed by atoms with van der Waals surface area (Å²) in [5.74, 6) is -1.11. The topological polar surface area (TPSA) is 120 Å². The van der Waals surface area contributed by atoms with Crippen molar-refractivity contribution in [3.63, 3.8) is 0 Å². The average molecular weight is 683 g/mol. The summed E-state index contributed by atoms with van der Waals surface area (Å²) in [6, 6.07) is 32.1. The van der Waals surface area contributed by atoms with Crippen LogP contribution in [0.1, 0.15) is 29.3 Å². The van der Waals surface area contributed by atoms with Gasteiger partial charge in [-0.25, -0.2) is 0 Å². The van der Waals surface area contributed by atoms with E-state index in [9.17, 15) is 19.2 Å². The van der Waals surface area contributed by atoms with E-state index in [4.69, 9.17) is 0 Å². The van der Waals surface area contributed by atoms with Crippen molar-refractivity contribution in [3.8, 4) is 0 Å². The van der Waals surface area contributed by atoms with Gasteiger partial charge < -0.3 is 16.0 Å². The lowest BCUT2D eigenvalue weighted by Gasteiger charge is -2.13. The fourth-order valence-electron chi connectivity index (χ4n) is 4.29. The minimum Gasteiger partial charge on any atom is -0.321 e. The van der Waals surface area contributed by atoms with Crippen LogP contribution >= 0.6 is 27.7 Å². The summed E-state index contributed by atoms with van der Waals surface area (Å²) < 4.78 is 0.834. The van der Waals surface area contributed by atoms with E-state index >= 15 is 0 Å². The third-order valence-corrected chi connectivity index (χ3v) is 8.13. The van der Waals surface area contributed by atoms with Gasteiger partial charge in [-0.3, -0.25) is 19.2 Å². The number of carbonyl (C=O) groups excluding carboxylic acids is 4. The van der Waals surface area contributed by atoms with Gasteiger partial charge in [0.05, 0.1) is 17.4 Å². The molecule has 4 aromatic rings. The lowest BCUT2D eigenvalue weighted by atomic mass is 10.1. The van der Waals surface area contributed by atoms with Crippen LogP contribution in [0, 0.1) is 0 Å². The van der Waals surface area contributed by atoms with Gasteiger partial charge in [0.1, 0.15) is 11.5 Å². The summed E-state index contributed by atoms with van der Waals surface area (Å²) in [5, 5.41) is 13.4. The van der Waals surface area contributed by atoms with Crippen LogP contribution in [0.5, 0.6) is 0 Å². The van der Waals surface area contributed by atoms with E-state index in [1.807, 2.05) is 48.5 Å². The second-order valence-electron chi connectivity index (χ2n) is 9.93. The largest absolute Gasteiger partial charge is 0.321 e. The van der Waals surface area contributed by atoms with Gasteiger partial charge in [-0.2, -0.15) is 10.1 Å². The first-order chi connectivity index (χ1) is 21.7. The fraction of sp³-hybridized carbons (Fsp3) is 0.0882. The van der Waals surface area contributed by atoms with Crippen molar-refractivity contribution in [2.24, 2.45) is 5.10 Å². The first-order valence-electron chi connectivity index (χ1n) is 13.9. The molecule has 3 N–H and O–H groups in total. The molecule has 1 aliphatic rings. The van der Waals surface area contributed by atoms with Crippen molar-refractivity contribution in [1.29, 1.82) is 0 Å². The number of carbonyl (C=O) groups is 4. The number of halogens is 1. The Labute approximate surface area is 272 Å². The molecule has 9 nitrogen and oxygen atoms in total. The molecule has 4 aromatic carbocycles. The minimum absolute atomic E-state index is 0.0101. The smallest absolute Gasteiger partial charge is 0.272 e. The number of hydrogen-bond acceptors (Lipinski definition) is 6. The number of nitrogens with zero attached hydrogens (tertiary/aromatic N) is 2. The van der Waals surface area contributed by atoms with Crippen LogP contribution in [0.15, 0.2) is 129 Å². The number of hydrogen-bond donors (Lipinski definition) is 3. The first kappa shape index (κ1) is 31.4. The molecule has 4 amide bonds. The predicted molar refractivity (Wildman–Crippen MR) is 181 cm³/mol. The highest BCUT2D eigenvalue weighted by atomic mass is 79.9. The number of para-hydroxylation sites is 1. The third-order valence-electron chi connectivity index (χ3n) is 6.53. The second kappa shape index (κ2) is 14.7. The Kier molecular flexibility index (Phi) is 10.2. The molecule has 0 saturated heterocycles. The molecule has 1 heterocycles. The van der Waals surface area contributed by atoms with Crippen LogP contribution in [0.3, 0.4) is 0 Å². The molecule has 0 aliphatic carbocycles. The molecule has 1 atom stereocenters. The number of amides is 4. The van der Waals surface area contributed by atoms with Gasteiger partial charge in [0, 0.05) is 20.6 Å². The van der Waals surface area contributed by atoms with Gasteiger partial charge in [0.25, 0.3) is 17.7 Å². The van der Waals surface area contributed by atoms with E-state index in [-0.39, 0.29) is 23.9 Å². The number of hydrazone groups is 1. The fourth-order valence-corrected chi connectivity index (χ4v) is 5.58. The summed E-state index contributed by atoms with van der Waals surface area (Å²) >= 11 is 4.76. The maximum atomic E-state index is 13.3. The molecule has 1 aliphatic heterocycles. The molecule has 1 unspecified atom stereocenters. The zero-order valence-electron chi connectivity index (χ0n) is 24.1. The zero-order chi connectivity index (χ0) is 31.8. The van der Waals surface area contributed by atoms with E-state index in [0.717, 1.165) is 14.9 Å². The second-order valence-corrected chi connectivity index (χ2v) is 12.3. The van der Waals surface area contributed by atoms with Crippen LogP contribution in [0.25, 0.3) is 6.08 Å². The molecule has 0 radical (unpaired) electrons. The Morgan fingerprint density at radius 1 is 0.889 bits per heavy atom. The van der Waals surface area contributed by atoms with Crippen molar-refractivity contribution >= 4 is 74.6 Å². The summed E-state index contributed by atoms with van der Waals surface area (Å²) in [5.41, 5.74) is 2.36. The maximum Gasteiger partial charge on any atom is 0.272 e. The predicted octanol–water partition coefficient (Wildman–Crippen LogP) is 6.21. The first-order valence-corrected chi connectivity index (χ1v) is 15.6. The van der Waals surface area contributed by atoms with Crippen molar-refractivity contribution in [3.05, 3.63) is 130 Å². The Bertz CT molecular complexity index is 1780. The molecule has 0 spiro atoms. The molecule has 45 heavy (non-hydrogen) atoms. The number of rotatable bonds is 9. The molecular formula is C34H28BrN5O4S. The molecule has 11 heteroatoms. The number of anilines is 2. The van der Waals surface area contributed by atoms with Crippen LogP contribution in [0.4, 0.5) is 11.4 Å². The zero-order valence-corrected chi connectivity index (χ0v) is 26.5. The normalized spacial score (nSPS) is 13.6. The number of thioether (sulfide) groups is 1. The van der Waals surface area contributed by atoms with Crippen LogP contribution < -0.4 is 21.0 Å². The summed E-state index contributed by atoms with van der Waals surface area (Å²) in [7, 11) is 0. The van der Waals surface area contributed by atoms with Gasteiger partial charge in [-0.05, 0) is 79.2 Å². The Hall–Kier alpha value is -5.00. The van der Waals surface area contributed by atoms with E-state index in [1.165, 1.54) is 16.8 Å². The molecule has 0 fully saturated rings. The van der Waals surface area contributed by atoms with Crippen LogP contribution in [-0.4, -0.2) is 34.7 Å². The van der Waals surface area contributed by atoms with Crippen molar-refractivity contribution in [1.82, 2.24) is 10.6 Å². The molecule has 0 aromatic heterocycles. The third kappa shape index (κ3) is 8.55. The quantitative estimate of drug-likeness (QED) is 0.143. The van der Waals surface area contributed by atoms with Crippen LogP contribution in [0.2, 0.25) is 0 Å². The summed E-state index contributed by atoms with van der Waals surface area (Å²) in [6.45, 7) is 1.76. The monoisotopic (exact) mass is 681 g/mol. The van der Waals surface area contributed by atoms with Crippen molar-refractivity contribution in [2.75, 3.05) is 10.3 Å². The Morgan fingerprint density at radius 2 is 1.58 bits per heavy atom. The summed E-state index contributed by atoms with van der Waals surface area (Å²) in [4.78, 5) is 52.3. The highest BCUT2D eigenvalue weighted by Gasteiger charge is 2.27. The number of benzene rings is 4. The molecule has 0 bridgehead atoms. The maximum absolute atomic E-state index is 13.3. The molecular weight excluding hydrogens is 654 g/mol. The highest BCUT2D eigenvalue weighted by molar-refractivity contribution is 9.10. The molecule has 226 valence electrons. The lowest BCUT2D eigenvalue weighted by Crippen LogP contribution is -2.35. The molecule has 5 rings (SSSR count). The van der Waals surface area contributed by atoms with Crippen LogP contribution in [-0.2, 0) is 14.4 Å². The van der Waals surface area contributed by atoms with E-state index in [2.05, 4.69) is 37.0 Å². The van der Waals surface area contributed by atoms with Gasteiger partial charge in [0.2, 0.25) is 5.91 Å². The van der Waals surface area contributed by atoms with Gasteiger partial charge in [-0.1, -0.05) is 64.5 Å². The minimum atomic E-state index is -0.496. The van der Waals surface area contributed by atoms with E-state index in [0.29, 0.717) is 22.8 Å². The van der Waals surface area contributed by atoms with Gasteiger partial charge in [0.15, 0.2) is 0 Å². The van der Waals surface area contributed by atoms with Gasteiger partial charge in [-0.15, -0.1) is 11.8 Å². The van der Waals surface area contributed by atoms with Crippen molar-refractivity contribution < 1.29 is 19.2 Å². The van der Waals surface area contributed by atoms with Crippen molar-refractivity contribution in [2.45, 2.75) is 23.5 Å².